The molecular weight excluding hydrogens is 300 g/mol. The Bertz CT molecular complexity index is 619. The largest absolute Gasteiger partial charge is 0.497 e. The van der Waals surface area contributed by atoms with Crippen molar-refractivity contribution in [2.45, 2.75) is 6.04 Å². The van der Waals surface area contributed by atoms with E-state index in [2.05, 4.69) is 5.32 Å². The first kappa shape index (κ1) is 15.1. The van der Waals surface area contributed by atoms with Crippen LogP contribution in [-0.2, 0) is 0 Å². The number of hydrogen-bond donors (Lipinski definition) is 1. The fourth-order valence-corrected chi connectivity index (χ4v) is 2.60. The van der Waals surface area contributed by atoms with Crippen molar-refractivity contribution in [1.82, 2.24) is 5.32 Å². The minimum Gasteiger partial charge on any atom is -0.497 e. The van der Waals surface area contributed by atoms with E-state index in [1.54, 1.807) is 37.4 Å². The minimum absolute atomic E-state index is 0.352. The van der Waals surface area contributed by atoms with Crippen LogP contribution in [0.15, 0.2) is 36.4 Å². The Morgan fingerprint density at radius 2 is 1.80 bits per heavy atom. The Kier molecular flexibility index (Phi) is 4.86. The molecule has 0 bridgehead atoms. The van der Waals surface area contributed by atoms with Gasteiger partial charge in [0, 0.05) is 21.7 Å². The summed E-state index contributed by atoms with van der Waals surface area (Å²) in [5, 5.41) is 4.10. The molecule has 0 amide bonds. The fraction of sp³-hybridized carbons (Fsp3) is 0.200. The number of halogens is 3. The van der Waals surface area contributed by atoms with Gasteiger partial charge in [0.05, 0.1) is 13.2 Å². The second kappa shape index (κ2) is 6.44. The summed E-state index contributed by atoms with van der Waals surface area (Å²) < 4.78 is 19.2. The van der Waals surface area contributed by atoms with Crippen LogP contribution in [-0.4, -0.2) is 14.2 Å². The third-order valence-electron chi connectivity index (χ3n) is 3.08. The van der Waals surface area contributed by atoms with Gasteiger partial charge >= 0.3 is 0 Å². The molecule has 2 nitrogen and oxygen atoms in total. The van der Waals surface area contributed by atoms with E-state index < -0.39 is 0 Å². The van der Waals surface area contributed by atoms with Gasteiger partial charge in [0.15, 0.2) is 0 Å². The van der Waals surface area contributed by atoms with E-state index in [9.17, 15) is 4.39 Å². The van der Waals surface area contributed by atoms with E-state index >= 15 is 0 Å². The molecule has 0 saturated heterocycles. The highest BCUT2D eigenvalue weighted by Gasteiger charge is 2.19. The van der Waals surface area contributed by atoms with Crippen molar-refractivity contribution < 1.29 is 9.13 Å². The molecule has 0 aliphatic heterocycles. The van der Waals surface area contributed by atoms with Crippen molar-refractivity contribution in [2.75, 3.05) is 14.2 Å². The zero-order chi connectivity index (χ0) is 14.7. The normalized spacial score (nSPS) is 12.2. The van der Waals surface area contributed by atoms with Gasteiger partial charge in [0.25, 0.3) is 0 Å². The predicted octanol–water partition coefficient (Wildman–Crippen LogP) is 4.45. The van der Waals surface area contributed by atoms with Gasteiger partial charge in [0.1, 0.15) is 11.6 Å². The van der Waals surface area contributed by atoms with Crippen LogP contribution in [0.4, 0.5) is 4.39 Å². The van der Waals surface area contributed by atoms with Crippen molar-refractivity contribution >= 4 is 23.2 Å². The first-order chi connectivity index (χ1) is 9.56. The van der Waals surface area contributed by atoms with E-state index in [0.29, 0.717) is 21.4 Å². The summed E-state index contributed by atoms with van der Waals surface area (Å²) in [4.78, 5) is 0. The Morgan fingerprint density at radius 3 is 2.35 bits per heavy atom. The Hall–Kier alpha value is -1.29. The number of nitrogens with one attached hydrogen (secondary N) is 1. The van der Waals surface area contributed by atoms with Crippen molar-refractivity contribution in [2.24, 2.45) is 0 Å². The first-order valence-corrected chi connectivity index (χ1v) is 6.78. The number of rotatable bonds is 4. The molecule has 0 saturated carbocycles. The smallest absolute Gasteiger partial charge is 0.132 e. The van der Waals surface area contributed by atoms with Crippen LogP contribution < -0.4 is 10.1 Å². The predicted molar refractivity (Wildman–Crippen MR) is 80.3 cm³/mol. The van der Waals surface area contributed by atoms with Crippen LogP contribution >= 0.6 is 23.2 Å². The monoisotopic (exact) mass is 313 g/mol. The van der Waals surface area contributed by atoms with E-state index in [1.807, 2.05) is 0 Å². The van der Waals surface area contributed by atoms with Crippen LogP contribution in [0, 0.1) is 5.82 Å². The molecule has 20 heavy (non-hydrogen) atoms. The molecule has 2 aromatic rings. The van der Waals surface area contributed by atoms with Gasteiger partial charge in [0.2, 0.25) is 0 Å². The summed E-state index contributed by atoms with van der Waals surface area (Å²) in [6.45, 7) is 0. The van der Waals surface area contributed by atoms with Crippen LogP contribution in [0.5, 0.6) is 5.75 Å². The SMILES string of the molecule is CNC(c1ccc(OC)cc1F)c1ccc(Cl)cc1Cl. The second-order valence-electron chi connectivity index (χ2n) is 4.27. The lowest BCUT2D eigenvalue weighted by atomic mass is 9.98. The number of benzene rings is 2. The molecular formula is C15H14Cl2FNO. The van der Waals surface area contributed by atoms with Gasteiger partial charge < -0.3 is 10.1 Å². The number of ether oxygens (including phenoxy) is 1. The lowest BCUT2D eigenvalue weighted by molar-refractivity contribution is 0.410. The molecule has 5 heteroatoms. The van der Waals surface area contributed by atoms with Gasteiger partial charge in [-0.1, -0.05) is 35.3 Å². The Labute approximate surface area is 127 Å². The van der Waals surface area contributed by atoms with Crippen molar-refractivity contribution in [3.63, 3.8) is 0 Å². The molecule has 2 rings (SSSR count). The highest BCUT2D eigenvalue weighted by atomic mass is 35.5. The maximum absolute atomic E-state index is 14.2. The average Bonchev–Trinajstić information content (AvgIpc) is 2.43. The number of hydrogen-bond acceptors (Lipinski definition) is 2. The first-order valence-electron chi connectivity index (χ1n) is 6.02. The molecule has 0 aromatic heterocycles. The zero-order valence-corrected chi connectivity index (χ0v) is 12.6. The molecule has 0 fully saturated rings. The maximum Gasteiger partial charge on any atom is 0.132 e. The lowest BCUT2D eigenvalue weighted by Crippen LogP contribution is -2.19. The third kappa shape index (κ3) is 3.06. The molecule has 106 valence electrons. The number of methoxy groups -OCH3 is 1. The van der Waals surface area contributed by atoms with E-state index in [1.165, 1.54) is 13.2 Å². The highest BCUT2D eigenvalue weighted by Crippen LogP contribution is 2.32. The molecule has 0 radical (unpaired) electrons. The van der Waals surface area contributed by atoms with Gasteiger partial charge in [-0.05, 0) is 30.8 Å². The summed E-state index contributed by atoms with van der Waals surface area (Å²) in [5.74, 6) is 0.123. The Balaban J connectivity index is 2.47. The quantitative estimate of drug-likeness (QED) is 0.900. The van der Waals surface area contributed by atoms with Crippen LogP contribution in [0.3, 0.4) is 0 Å². The zero-order valence-electron chi connectivity index (χ0n) is 11.1. The molecule has 1 unspecified atom stereocenters. The van der Waals surface area contributed by atoms with Gasteiger partial charge in [-0.25, -0.2) is 4.39 Å². The molecule has 1 N–H and O–H groups in total. The van der Waals surface area contributed by atoms with Crippen molar-refractivity contribution in [1.29, 1.82) is 0 Å². The van der Waals surface area contributed by atoms with Gasteiger partial charge in [-0.15, -0.1) is 0 Å². The summed E-state index contributed by atoms with van der Waals surface area (Å²) in [5.41, 5.74) is 1.26. The summed E-state index contributed by atoms with van der Waals surface area (Å²) in [6, 6.07) is 9.55. The molecule has 0 heterocycles. The average molecular weight is 314 g/mol. The maximum atomic E-state index is 14.2. The second-order valence-corrected chi connectivity index (χ2v) is 5.12. The fourth-order valence-electron chi connectivity index (χ4n) is 2.08. The van der Waals surface area contributed by atoms with Crippen LogP contribution in [0.25, 0.3) is 0 Å². The molecule has 0 aliphatic rings. The molecule has 2 aromatic carbocycles. The summed E-state index contributed by atoms with van der Waals surface area (Å²) >= 11 is 12.1. The lowest BCUT2D eigenvalue weighted by Gasteiger charge is -2.19. The molecule has 1 atom stereocenters. The van der Waals surface area contributed by atoms with Crippen molar-refractivity contribution in [3.05, 3.63) is 63.4 Å². The molecule has 0 spiro atoms. The van der Waals surface area contributed by atoms with E-state index in [4.69, 9.17) is 27.9 Å². The summed E-state index contributed by atoms with van der Waals surface area (Å²) in [7, 11) is 3.25. The highest BCUT2D eigenvalue weighted by molar-refractivity contribution is 6.35. The van der Waals surface area contributed by atoms with E-state index in [0.717, 1.165) is 5.56 Å². The van der Waals surface area contributed by atoms with Crippen LogP contribution in [0.1, 0.15) is 17.2 Å². The topological polar surface area (TPSA) is 21.3 Å². The van der Waals surface area contributed by atoms with Crippen LogP contribution in [0.2, 0.25) is 10.0 Å². The van der Waals surface area contributed by atoms with Crippen molar-refractivity contribution in [3.8, 4) is 5.75 Å². The van der Waals surface area contributed by atoms with Gasteiger partial charge in [-0.2, -0.15) is 0 Å². The van der Waals surface area contributed by atoms with E-state index in [-0.39, 0.29) is 11.9 Å². The van der Waals surface area contributed by atoms with Gasteiger partial charge in [-0.3, -0.25) is 0 Å². The summed E-state index contributed by atoms with van der Waals surface area (Å²) in [6.07, 6.45) is 0. The molecule has 0 aliphatic carbocycles. The third-order valence-corrected chi connectivity index (χ3v) is 3.64. The minimum atomic E-state index is -0.356. The standard InChI is InChI=1S/C15H14Cl2FNO/c1-19-15(11-5-3-9(16)7-13(11)17)12-6-4-10(20-2)8-14(12)18/h3-8,15,19H,1-2H3. The Morgan fingerprint density at radius 1 is 1.10 bits per heavy atom.